The summed E-state index contributed by atoms with van der Waals surface area (Å²) in [6.45, 7) is 2.62. The lowest BCUT2D eigenvalue weighted by Crippen LogP contribution is -2.44. The lowest BCUT2D eigenvalue weighted by molar-refractivity contribution is -0.118. The van der Waals surface area contributed by atoms with Gasteiger partial charge in [-0.25, -0.2) is 0 Å². The van der Waals surface area contributed by atoms with Gasteiger partial charge in [0.05, 0.1) is 17.4 Å². The van der Waals surface area contributed by atoms with Crippen LogP contribution in [0.1, 0.15) is 16.8 Å². The van der Waals surface area contributed by atoms with Crippen molar-refractivity contribution in [3.05, 3.63) is 59.4 Å². The second-order valence-electron chi connectivity index (χ2n) is 5.03. The number of anilines is 1. The van der Waals surface area contributed by atoms with Gasteiger partial charge < -0.3 is 10.6 Å². The topological polar surface area (TPSA) is 54.0 Å². The number of carbonyl (C=O) groups excluding carboxylic acids is 1. The summed E-state index contributed by atoms with van der Waals surface area (Å²) in [4.78, 5) is 16.5. The van der Waals surface area contributed by atoms with Crippen molar-refractivity contribution in [1.29, 1.82) is 0 Å². The minimum Gasteiger partial charge on any atom is -0.323 e. The molecule has 1 unspecified atom stereocenters. The smallest absolute Gasteiger partial charge is 0.241 e. The molecule has 1 aromatic carbocycles. The molecule has 1 aromatic heterocycles. The van der Waals surface area contributed by atoms with Gasteiger partial charge in [0.25, 0.3) is 0 Å². The van der Waals surface area contributed by atoms with Crippen LogP contribution in [0.3, 0.4) is 0 Å². The molecule has 0 saturated heterocycles. The molecule has 0 saturated carbocycles. The average Bonchev–Trinajstić information content (AvgIpc) is 2.49. The van der Waals surface area contributed by atoms with E-state index in [-0.39, 0.29) is 36.8 Å². The Kier molecular flexibility index (Phi) is 6.81. The zero-order valence-electron chi connectivity index (χ0n) is 12.2. The second-order valence-corrected chi connectivity index (χ2v) is 5.03. The summed E-state index contributed by atoms with van der Waals surface area (Å²) in [5.74, 6) is -0.00407. The number of rotatable bonds is 2. The molecule has 2 aromatic rings. The molecule has 0 spiro atoms. The van der Waals surface area contributed by atoms with Crippen molar-refractivity contribution in [3.8, 4) is 0 Å². The molecule has 6 heteroatoms. The number of nitrogens with one attached hydrogen (secondary N) is 2. The molecule has 2 N–H and O–H groups in total. The summed E-state index contributed by atoms with van der Waals surface area (Å²) in [7, 11) is 0. The highest BCUT2D eigenvalue weighted by Gasteiger charge is 2.24. The first-order valence-electron chi connectivity index (χ1n) is 6.76. The van der Waals surface area contributed by atoms with Gasteiger partial charge in [-0.2, -0.15) is 0 Å². The zero-order valence-corrected chi connectivity index (χ0v) is 13.8. The Hall–Kier alpha value is -1.62. The number of amides is 1. The summed E-state index contributed by atoms with van der Waals surface area (Å²) in [5.41, 5.74) is 4.12. The molecule has 1 aliphatic heterocycles. The van der Waals surface area contributed by atoms with Crippen molar-refractivity contribution in [2.75, 3.05) is 5.32 Å². The van der Waals surface area contributed by atoms with E-state index in [4.69, 9.17) is 0 Å². The molecular formula is C16H19Cl2N3O. The molecule has 0 aliphatic carbocycles. The molecule has 118 valence electrons. The van der Waals surface area contributed by atoms with E-state index in [0.29, 0.717) is 0 Å². The average molecular weight is 340 g/mol. The summed E-state index contributed by atoms with van der Waals surface area (Å²) < 4.78 is 0. The van der Waals surface area contributed by atoms with Crippen LogP contribution >= 0.6 is 24.8 Å². The fourth-order valence-electron chi connectivity index (χ4n) is 2.48. The van der Waals surface area contributed by atoms with Crippen LogP contribution in [0, 0.1) is 6.92 Å². The zero-order chi connectivity index (χ0) is 13.9. The van der Waals surface area contributed by atoms with Crippen LogP contribution < -0.4 is 10.6 Å². The van der Waals surface area contributed by atoms with Gasteiger partial charge in [0.1, 0.15) is 0 Å². The highest BCUT2D eigenvalue weighted by Crippen LogP contribution is 2.18. The molecule has 0 fully saturated rings. The predicted octanol–water partition coefficient (Wildman–Crippen LogP) is 2.89. The Morgan fingerprint density at radius 2 is 1.91 bits per heavy atom. The van der Waals surface area contributed by atoms with E-state index in [1.54, 1.807) is 6.20 Å². The van der Waals surface area contributed by atoms with E-state index in [9.17, 15) is 4.79 Å². The molecule has 1 amide bonds. The third-order valence-corrected chi connectivity index (χ3v) is 3.66. The molecule has 0 bridgehead atoms. The number of hydrogen-bond donors (Lipinski definition) is 2. The highest BCUT2D eigenvalue weighted by atomic mass is 35.5. The number of halogens is 2. The molecule has 4 nitrogen and oxygen atoms in total. The largest absolute Gasteiger partial charge is 0.323 e. The summed E-state index contributed by atoms with van der Waals surface area (Å²) in [6.07, 6.45) is 2.45. The SMILES string of the molecule is Cc1ncccc1NC(=O)C1Cc2ccccc2CN1.Cl.Cl. The Balaban J connectivity index is 0.00000121. The predicted molar refractivity (Wildman–Crippen MR) is 92.9 cm³/mol. The first kappa shape index (κ1) is 18.4. The van der Waals surface area contributed by atoms with Crippen molar-refractivity contribution in [2.24, 2.45) is 0 Å². The molecule has 22 heavy (non-hydrogen) atoms. The number of aromatic nitrogens is 1. The van der Waals surface area contributed by atoms with Crippen molar-refractivity contribution >= 4 is 36.4 Å². The van der Waals surface area contributed by atoms with E-state index >= 15 is 0 Å². The number of nitrogens with zero attached hydrogens (tertiary/aromatic N) is 1. The van der Waals surface area contributed by atoms with Crippen molar-refractivity contribution in [1.82, 2.24) is 10.3 Å². The third-order valence-electron chi connectivity index (χ3n) is 3.66. The third kappa shape index (κ3) is 3.97. The first-order chi connectivity index (χ1) is 9.74. The summed E-state index contributed by atoms with van der Waals surface area (Å²) in [5, 5.41) is 6.23. The fourth-order valence-corrected chi connectivity index (χ4v) is 2.48. The van der Waals surface area contributed by atoms with Gasteiger partial charge in [-0.15, -0.1) is 24.8 Å². The number of benzene rings is 1. The first-order valence-corrected chi connectivity index (χ1v) is 6.76. The van der Waals surface area contributed by atoms with Crippen LogP contribution in [-0.2, 0) is 17.8 Å². The molecule has 2 heterocycles. The lowest BCUT2D eigenvalue weighted by atomic mass is 9.95. The van der Waals surface area contributed by atoms with E-state index < -0.39 is 0 Å². The second kappa shape index (κ2) is 8.13. The normalized spacial score (nSPS) is 15.8. The number of fused-ring (bicyclic) bond motifs is 1. The number of carbonyl (C=O) groups is 1. The van der Waals surface area contributed by atoms with Crippen molar-refractivity contribution in [2.45, 2.75) is 25.9 Å². The van der Waals surface area contributed by atoms with Gasteiger partial charge in [-0.3, -0.25) is 9.78 Å². The van der Waals surface area contributed by atoms with Gasteiger partial charge in [-0.1, -0.05) is 24.3 Å². The van der Waals surface area contributed by atoms with E-state index in [0.717, 1.165) is 24.3 Å². The van der Waals surface area contributed by atoms with Gasteiger partial charge in [0.15, 0.2) is 0 Å². The molecule has 0 radical (unpaired) electrons. The van der Waals surface area contributed by atoms with Crippen molar-refractivity contribution < 1.29 is 4.79 Å². The molecule has 1 aliphatic rings. The van der Waals surface area contributed by atoms with Crippen LogP contribution in [0.5, 0.6) is 0 Å². The maximum Gasteiger partial charge on any atom is 0.241 e. The molecular weight excluding hydrogens is 321 g/mol. The quantitative estimate of drug-likeness (QED) is 0.884. The number of aryl methyl sites for hydroxylation is 1. The Labute approximate surface area is 142 Å². The minimum absolute atomic E-state index is 0. The van der Waals surface area contributed by atoms with Crippen LogP contribution in [0.15, 0.2) is 42.6 Å². The highest BCUT2D eigenvalue weighted by molar-refractivity contribution is 5.95. The number of hydrogen-bond acceptors (Lipinski definition) is 3. The molecule has 1 atom stereocenters. The van der Waals surface area contributed by atoms with E-state index in [1.807, 2.05) is 31.2 Å². The Bertz CT molecular complexity index is 649. The molecule has 3 rings (SSSR count). The monoisotopic (exact) mass is 339 g/mol. The minimum atomic E-state index is -0.190. The fraction of sp³-hybridized carbons (Fsp3) is 0.250. The summed E-state index contributed by atoms with van der Waals surface area (Å²) in [6, 6.07) is 11.7. The van der Waals surface area contributed by atoms with Crippen LogP contribution in [-0.4, -0.2) is 16.9 Å². The Morgan fingerprint density at radius 1 is 1.18 bits per heavy atom. The summed E-state index contributed by atoms with van der Waals surface area (Å²) >= 11 is 0. The van der Waals surface area contributed by atoms with Crippen LogP contribution in [0.25, 0.3) is 0 Å². The van der Waals surface area contributed by atoms with Crippen LogP contribution in [0.2, 0.25) is 0 Å². The van der Waals surface area contributed by atoms with Gasteiger partial charge in [0.2, 0.25) is 5.91 Å². The van der Waals surface area contributed by atoms with E-state index in [1.165, 1.54) is 11.1 Å². The maximum absolute atomic E-state index is 12.3. The van der Waals surface area contributed by atoms with Gasteiger partial charge in [0, 0.05) is 12.7 Å². The maximum atomic E-state index is 12.3. The van der Waals surface area contributed by atoms with Gasteiger partial charge in [-0.05, 0) is 36.6 Å². The lowest BCUT2D eigenvalue weighted by Gasteiger charge is -2.25. The Morgan fingerprint density at radius 3 is 2.64 bits per heavy atom. The van der Waals surface area contributed by atoms with Gasteiger partial charge >= 0.3 is 0 Å². The standard InChI is InChI=1S/C16H17N3O.2ClH/c1-11-14(7-4-8-17-11)19-16(20)15-9-12-5-2-3-6-13(12)10-18-15;;/h2-8,15,18H,9-10H2,1H3,(H,19,20);2*1H. The van der Waals surface area contributed by atoms with Crippen LogP contribution in [0.4, 0.5) is 5.69 Å². The van der Waals surface area contributed by atoms with E-state index in [2.05, 4.69) is 27.8 Å². The van der Waals surface area contributed by atoms with Crippen molar-refractivity contribution in [3.63, 3.8) is 0 Å². The number of pyridine rings is 1.